The summed E-state index contributed by atoms with van der Waals surface area (Å²) in [5.41, 5.74) is 0.436. The number of nitro benzene ring substituents is 1. The molecule has 2 aromatic carbocycles. The zero-order valence-electron chi connectivity index (χ0n) is 14.0. The molecule has 1 heterocycles. The normalized spacial score (nSPS) is 10.6. The summed E-state index contributed by atoms with van der Waals surface area (Å²) in [5.74, 6) is 0.315. The number of rotatable bonds is 7. The van der Waals surface area contributed by atoms with Crippen LogP contribution in [0, 0.1) is 10.1 Å². The van der Waals surface area contributed by atoms with Crippen LogP contribution in [-0.2, 0) is 0 Å². The van der Waals surface area contributed by atoms with Crippen LogP contribution in [0.25, 0.3) is 5.69 Å². The van der Waals surface area contributed by atoms with Crippen LogP contribution in [0.5, 0.6) is 0 Å². The number of nitrogens with one attached hydrogen (secondary N) is 1. The first-order valence-electron chi connectivity index (χ1n) is 7.98. The monoisotopic (exact) mass is 402 g/mol. The largest absolute Gasteiger partial charge is 0.351 e. The highest BCUT2D eigenvalue weighted by Crippen LogP contribution is 2.24. The molecular weight excluding hydrogens is 388 g/mol. The molecule has 0 spiro atoms. The van der Waals surface area contributed by atoms with Crippen LogP contribution in [-0.4, -0.2) is 32.7 Å². The number of amides is 1. The summed E-state index contributed by atoms with van der Waals surface area (Å²) in [5, 5.41) is 14.8. The number of thioether (sulfide) groups is 1. The standard InChI is InChI=1S/C18H15ClN4O3S/c19-14-2-4-15(5-3-14)27-10-8-21-18(24)13-1-6-16(17(11-13)23(25)26)22-9-7-20-12-22/h1-7,9,11-12H,8,10H2,(H,21,24). The van der Waals surface area contributed by atoms with Crippen LogP contribution >= 0.6 is 23.4 Å². The fourth-order valence-corrected chi connectivity index (χ4v) is 3.29. The number of carbonyl (C=O) groups excluding carboxylic acids is 1. The van der Waals surface area contributed by atoms with Crippen molar-refractivity contribution in [2.24, 2.45) is 0 Å². The molecule has 9 heteroatoms. The van der Waals surface area contributed by atoms with Gasteiger partial charge in [-0.15, -0.1) is 11.8 Å². The summed E-state index contributed by atoms with van der Waals surface area (Å²) in [6.07, 6.45) is 4.61. The van der Waals surface area contributed by atoms with E-state index in [0.29, 0.717) is 23.0 Å². The number of hydrogen-bond donors (Lipinski definition) is 1. The lowest BCUT2D eigenvalue weighted by atomic mass is 10.1. The van der Waals surface area contributed by atoms with Crippen LogP contribution in [0.1, 0.15) is 10.4 Å². The van der Waals surface area contributed by atoms with Crippen LogP contribution < -0.4 is 5.32 Å². The third-order valence-corrected chi connectivity index (χ3v) is 4.95. The first-order chi connectivity index (χ1) is 13.0. The Hall–Kier alpha value is -2.84. The number of hydrogen-bond acceptors (Lipinski definition) is 5. The first kappa shape index (κ1) is 18.9. The van der Waals surface area contributed by atoms with Crippen LogP contribution in [0.3, 0.4) is 0 Å². The average molecular weight is 403 g/mol. The predicted octanol–water partition coefficient (Wildman–Crippen LogP) is 3.96. The van der Waals surface area contributed by atoms with Gasteiger partial charge in [-0.2, -0.15) is 0 Å². The number of nitro groups is 1. The van der Waals surface area contributed by atoms with Gasteiger partial charge in [0.05, 0.1) is 11.3 Å². The number of aromatic nitrogens is 2. The Balaban J connectivity index is 1.62. The van der Waals surface area contributed by atoms with Crippen LogP contribution in [0.2, 0.25) is 5.02 Å². The van der Waals surface area contributed by atoms with E-state index in [9.17, 15) is 14.9 Å². The van der Waals surface area contributed by atoms with Gasteiger partial charge in [0.2, 0.25) is 0 Å². The molecule has 1 aromatic heterocycles. The highest BCUT2D eigenvalue weighted by molar-refractivity contribution is 7.99. The van der Waals surface area contributed by atoms with Crippen molar-refractivity contribution >= 4 is 35.0 Å². The SMILES string of the molecule is O=C(NCCSc1ccc(Cl)cc1)c1ccc(-n2ccnc2)c([N+](=O)[O-])c1. The van der Waals surface area contributed by atoms with Gasteiger partial charge in [0.15, 0.2) is 0 Å². The minimum Gasteiger partial charge on any atom is -0.351 e. The van der Waals surface area contributed by atoms with E-state index in [1.54, 1.807) is 24.0 Å². The number of nitrogens with zero attached hydrogens (tertiary/aromatic N) is 3. The molecule has 0 unspecified atom stereocenters. The van der Waals surface area contributed by atoms with Crippen LogP contribution in [0.4, 0.5) is 5.69 Å². The van der Waals surface area contributed by atoms with Gasteiger partial charge in [-0.1, -0.05) is 11.6 Å². The predicted molar refractivity (Wildman–Crippen MR) is 105 cm³/mol. The summed E-state index contributed by atoms with van der Waals surface area (Å²) in [7, 11) is 0. The molecule has 3 rings (SSSR count). The molecule has 0 saturated heterocycles. The summed E-state index contributed by atoms with van der Waals surface area (Å²) in [6.45, 7) is 0.434. The van der Waals surface area contributed by atoms with Gasteiger partial charge in [0, 0.05) is 46.2 Å². The topological polar surface area (TPSA) is 90.1 Å². The molecular formula is C18H15ClN4O3S. The molecule has 0 aliphatic heterocycles. The Bertz CT molecular complexity index is 946. The fourth-order valence-electron chi connectivity index (χ4n) is 2.40. The second-order valence-electron chi connectivity index (χ2n) is 5.49. The molecule has 0 aliphatic carbocycles. The zero-order valence-corrected chi connectivity index (χ0v) is 15.6. The van der Waals surface area contributed by atoms with E-state index >= 15 is 0 Å². The summed E-state index contributed by atoms with van der Waals surface area (Å²) >= 11 is 7.43. The zero-order chi connectivity index (χ0) is 19.2. The molecule has 7 nitrogen and oxygen atoms in total. The third kappa shape index (κ3) is 4.87. The van der Waals surface area contributed by atoms with Crippen LogP contribution in [0.15, 0.2) is 66.1 Å². The Morgan fingerprint density at radius 3 is 2.70 bits per heavy atom. The lowest BCUT2D eigenvalue weighted by Crippen LogP contribution is -2.25. The molecule has 1 amide bonds. The van der Waals surface area contributed by atoms with Crippen molar-refractivity contribution in [3.05, 3.63) is 81.9 Å². The average Bonchev–Trinajstić information content (AvgIpc) is 3.20. The third-order valence-electron chi connectivity index (χ3n) is 3.69. The minimum absolute atomic E-state index is 0.156. The highest BCUT2D eigenvalue weighted by atomic mass is 35.5. The maximum Gasteiger partial charge on any atom is 0.294 e. The van der Waals surface area contributed by atoms with E-state index in [4.69, 9.17) is 11.6 Å². The number of imidazole rings is 1. The van der Waals surface area contributed by atoms with E-state index in [1.165, 1.54) is 29.2 Å². The van der Waals surface area contributed by atoms with Gasteiger partial charge in [-0.05, 0) is 36.4 Å². The number of halogens is 1. The Morgan fingerprint density at radius 2 is 2.04 bits per heavy atom. The van der Waals surface area contributed by atoms with E-state index < -0.39 is 4.92 Å². The van der Waals surface area contributed by atoms with E-state index in [0.717, 1.165) is 4.90 Å². The van der Waals surface area contributed by atoms with Gasteiger partial charge in [0.25, 0.3) is 11.6 Å². The maximum absolute atomic E-state index is 12.3. The van der Waals surface area contributed by atoms with Crippen molar-refractivity contribution in [2.45, 2.75) is 4.90 Å². The molecule has 27 heavy (non-hydrogen) atoms. The van der Waals surface area contributed by atoms with Gasteiger partial charge in [0.1, 0.15) is 5.69 Å². The van der Waals surface area contributed by atoms with Crippen molar-refractivity contribution in [1.29, 1.82) is 0 Å². The quantitative estimate of drug-likeness (QED) is 0.279. The minimum atomic E-state index is -0.511. The molecule has 0 atom stereocenters. The second-order valence-corrected chi connectivity index (χ2v) is 7.09. The first-order valence-corrected chi connectivity index (χ1v) is 9.34. The highest BCUT2D eigenvalue weighted by Gasteiger charge is 2.18. The van der Waals surface area contributed by atoms with E-state index in [1.807, 2.05) is 24.3 Å². The van der Waals surface area contributed by atoms with Crippen molar-refractivity contribution in [3.63, 3.8) is 0 Å². The van der Waals surface area contributed by atoms with Crippen molar-refractivity contribution in [1.82, 2.24) is 14.9 Å². The summed E-state index contributed by atoms with van der Waals surface area (Å²) in [6, 6.07) is 11.8. The summed E-state index contributed by atoms with van der Waals surface area (Å²) < 4.78 is 1.53. The number of carbonyl (C=O) groups is 1. The molecule has 0 aliphatic rings. The van der Waals surface area contributed by atoms with E-state index in [2.05, 4.69) is 10.3 Å². The molecule has 0 bridgehead atoms. The Labute approximate surface area is 164 Å². The molecule has 138 valence electrons. The molecule has 0 fully saturated rings. The van der Waals surface area contributed by atoms with Gasteiger partial charge in [-0.3, -0.25) is 14.9 Å². The van der Waals surface area contributed by atoms with Crippen molar-refractivity contribution in [3.8, 4) is 5.69 Å². The van der Waals surface area contributed by atoms with E-state index in [-0.39, 0.29) is 17.2 Å². The lowest BCUT2D eigenvalue weighted by Gasteiger charge is -2.08. The molecule has 1 N–H and O–H groups in total. The lowest BCUT2D eigenvalue weighted by molar-refractivity contribution is -0.384. The Kier molecular flexibility index (Phi) is 6.10. The maximum atomic E-state index is 12.3. The molecule has 0 radical (unpaired) electrons. The van der Waals surface area contributed by atoms with Crippen molar-refractivity contribution < 1.29 is 9.72 Å². The summed E-state index contributed by atoms with van der Waals surface area (Å²) in [4.78, 5) is 28.1. The van der Waals surface area contributed by atoms with Crippen molar-refractivity contribution in [2.75, 3.05) is 12.3 Å². The Morgan fingerprint density at radius 1 is 1.26 bits per heavy atom. The van der Waals surface area contributed by atoms with Gasteiger partial charge < -0.3 is 9.88 Å². The molecule has 0 saturated carbocycles. The van der Waals surface area contributed by atoms with Gasteiger partial charge in [-0.25, -0.2) is 4.98 Å². The smallest absolute Gasteiger partial charge is 0.294 e. The fraction of sp³-hybridized carbons (Fsp3) is 0.111. The second kappa shape index (κ2) is 8.70. The number of benzene rings is 2. The molecule has 3 aromatic rings. The van der Waals surface area contributed by atoms with Gasteiger partial charge >= 0.3 is 0 Å².